The minimum Gasteiger partial charge on any atom is -0.504 e. The lowest BCUT2D eigenvalue weighted by Crippen LogP contribution is -2.12. The molecule has 7 nitrogen and oxygen atoms in total. The molecule has 1 atom stereocenters. The third kappa shape index (κ3) is 4.99. The van der Waals surface area contributed by atoms with Crippen molar-refractivity contribution in [3.63, 3.8) is 0 Å². The van der Waals surface area contributed by atoms with Gasteiger partial charge in [0.25, 0.3) is 5.91 Å². The number of amides is 2. The van der Waals surface area contributed by atoms with Gasteiger partial charge in [0.1, 0.15) is 5.92 Å². The van der Waals surface area contributed by atoms with Crippen LogP contribution in [0.25, 0.3) is 0 Å². The van der Waals surface area contributed by atoms with Crippen LogP contribution >= 0.6 is 11.3 Å². The number of ether oxygens (including phenoxy) is 1. The third-order valence-electron chi connectivity index (χ3n) is 5.89. The van der Waals surface area contributed by atoms with Crippen LogP contribution in [-0.2, 0) is 11.2 Å². The molecule has 0 saturated heterocycles. The summed E-state index contributed by atoms with van der Waals surface area (Å²) in [4.78, 5) is 29.9. The van der Waals surface area contributed by atoms with E-state index in [2.05, 4.69) is 15.6 Å². The minimum atomic E-state index is -0.529. The largest absolute Gasteiger partial charge is 0.504 e. The van der Waals surface area contributed by atoms with E-state index >= 15 is 0 Å². The number of hydrogen-bond donors (Lipinski definition) is 3. The molecule has 1 unspecified atom stereocenters. The van der Waals surface area contributed by atoms with Crippen LogP contribution in [0.1, 0.15) is 32.3 Å². The predicted molar refractivity (Wildman–Crippen MR) is 142 cm³/mol. The van der Waals surface area contributed by atoms with Crippen molar-refractivity contribution in [2.45, 2.75) is 12.3 Å². The number of methoxy groups -OCH3 is 1. The summed E-state index contributed by atoms with van der Waals surface area (Å²) in [7, 11) is 1.48. The second kappa shape index (κ2) is 10.1. The average Bonchev–Trinajstić information content (AvgIpc) is 3.52. The number of aliphatic imine (C=N–C) groups is 1. The monoisotopic (exact) mass is 497 g/mol. The van der Waals surface area contributed by atoms with Crippen LogP contribution in [0.4, 0.5) is 17.1 Å². The van der Waals surface area contributed by atoms with Gasteiger partial charge in [0.2, 0.25) is 5.91 Å². The fraction of sp³-hybridized carbons (Fsp3) is 0.107. The molecule has 36 heavy (non-hydrogen) atoms. The van der Waals surface area contributed by atoms with Crippen LogP contribution in [0.5, 0.6) is 11.5 Å². The zero-order valence-electron chi connectivity index (χ0n) is 19.4. The first-order valence-electron chi connectivity index (χ1n) is 11.3. The number of rotatable bonds is 7. The quantitative estimate of drug-likeness (QED) is 0.283. The molecule has 0 aliphatic carbocycles. The number of hydrogen-bond acceptors (Lipinski definition) is 6. The van der Waals surface area contributed by atoms with Crippen molar-refractivity contribution >= 4 is 46.4 Å². The Balaban J connectivity index is 1.29. The zero-order valence-corrected chi connectivity index (χ0v) is 20.2. The van der Waals surface area contributed by atoms with Crippen molar-refractivity contribution in [1.82, 2.24) is 0 Å². The van der Waals surface area contributed by atoms with Crippen molar-refractivity contribution in [2.75, 3.05) is 17.7 Å². The molecule has 0 spiro atoms. The smallest absolute Gasteiger partial charge is 0.265 e. The highest BCUT2D eigenvalue weighted by atomic mass is 32.1. The molecule has 0 fully saturated rings. The van der Waals surface area contributed by atoms with Crippen molar-refractivity contribution in [2.24, 2.45) is 4.99 Å². The summed E-state index contributed by atoms with van der Waals surface area (Å²) in [6, 6.07) is 22.1. The number of phenolic OH excluding ortho intramolecular Hbond substituents is 1. The highest BCUT2D eigenvalue weighted by Crippen LogP contribution is 2.34. The lowest BCUT2D eigenvalue weighted by Gasteiger charge is -2.09. The number of phenols is 1. The molecule has 3 aromatic carbocycles. The van der Waals surface area contributed by atoms with E-state index in [1.54, 1.807) is 24.4 Å². The first-order chi connectivity index (χ1) is 17.5. The Morgan fingerprint density at radius 2 is 1.92 bits per heavy atom. The number of nitrogens with one attached hydrogen (secondary N) is 2. The number of anilines is 2. The van der Waals surface area contributed by atoms with Gasteiger partial charge in [-0.2, -0.15) is 0 Å². The van der Waals surface area contributed by atoms with Gasteiger partial charge in [-0.25, -0.2) is 0 Å². The fourth-order valence-electron chi connectivity index (χ4n) is 4.05. The summed E-state index contributed by atoms with van der Waals surface area (Å²) < 4.78 is 5.06. The molecule has 5 rings (SSSR count). The topological polar surface area (TPSA) is 100 Å². The first kappa shape index (κ1) is 23.3. The van der Waals surface area contributed by atoms with Crippen LogP contribution in [-0.4, -0.2) is 30.2 Å². The molecule has 0 radical (unpaired) electrons. The van der Waals surface area contributed by atoms with Gasteiger partial charge in [0.15, 0.2) is 11.5 Å². The van der Waals surface area contributed by atoms with E-state index in [4.69, 9.17) is 4.74 Å². The summed E-state index contributed by atoms with van der Waals surface area (Å²) in [5.41, 5.74) is 5.03. The Bertz CT molecular complexity index is 1450. The van der Waals surface area contributed by atoms with E-state index in [1.165, 1.54) is 24.5 Å². The molecule has 180 valence electrons. The van der Waals surface area contributed by atoms with Crippen LogP contribution in [0.3, 0.4) is 0 Å². The van der Waals surface area contributed by atoms with E-state index in [0.29, 0.717) is 22.7 Å². The van der Waals surface area contributed by atoms with Gasteiger partial charge < -0.3 is 20.5 Å². The summed E-state index contributed by atoms with van der Waals surface area (Å²) in [6.45, 7) is 0. The van der Waals surface area contributed by atoms with Crippen molar-refractivity contribution < 1.29 is 19.4 Å². The number of nitrogens with zero attached hydrogens (tertiary/aromatic N) is 1. The molecular weight excluding hydrogens is 474 g/mol. The maximum atomic E-state index is 12.6. The number of benzene rings is 3. The van der Waals surface area contributed by atoms with Gasteiger partial charge in [0.05, 0.1) is 17.7 Å². The van der Waals surface area contributed by atoms with Crippen LogP contribution < -0.4 is 15.4 Å². The minimum absolute atomic E-state index is 0.0113. The van der Waals surface area contributed by atoms with E-state index in [0.717, 1.165) is 28.1 Å². The van der Waals surface area contributed by atoms with Crippen molar-refractivity contribution in [3.05, 3.63) is 99.7 Å². The molecule has 1 aliphatic heterocycles. The van der Waals surface area contributed by atoms with Gasteiger partial charge in [-0.3, -0.25) is 14.6 Å². The van der Waals surface area contributed by atoms with Gasteiger partial charge in [0, 0.05) is 23.7 Å². The molecule has 1 aliphatic rings. The zero-order chi connectivity index (χ0) is 25.1. The Hall–Kier alpha value is -4.43. The molecule has 3 N–H and O–H groups in total. The summed E-state index contributed by atoms with van der Waals surface area (Å²) in [5.74, 6) is -0.442. The third-order valence-corrected chi connectivity index (χ3v) is 6.76. The molecule has 2 heterocycles. The molecule has 0 bridgehead atoms. The Labute approximate surface area is 212 Å². The van der Waals surface area contributed by atoms with Gasteiger partial charge in [-0.15, -0.1) is 11.3 Å². The van der Waals surface area contributed by atoms with E-state index in [9.17, 15) is 14.7 Å². The highest BCUT2D eigenvalue weighted by Gasteiger charge is 2.29. The van der Waals surface area contributed by atoms with Gasteiger partial charge in [-0.1, -0.05) is 30.3 Å². The summed E-state index contributed by atoms with van der Waals surface area (Å²) >= 11 is 1.40. The van der Waals surface area contributed by atoms with Gasteiger partial charge in [-0.05, 0) is 64.9 Å². The van der Waals surface area contributed by atoms with Crippen molar-refractivity contribution in [1.29, 1.82) is 0 Å². The van der Waals surface area contributed by atoms with Crippen LogP contribution in [0.15, 0.2) is 83.2 Å². The number of aromatic hydroxyl groups is 1. The second-order valence-corrected chi connectivity index (χ2v) is 9.28. The molecule has 4 aromatic rings. The van der Waals surface area contributed by atoms with Gasteiger partial charge >= 0.3 is 0 Å². The lowest BCUT2D eigenvalue weighted by atomic mass is 9.96. The van der Waals surface area contributed by atoms with Crippen molar-refractivity contribution in [3.8, 4) is 11.5 Å². The summed E-state index contributed by atoms with van der Waals surface area (Å²) in [6.07, 6.45) is 2.27. The SMILES string of the molecule is COc1ccc(N=CC2C(=O)Nc3ccc(Cc4ccc(NC(=O)c5cccs5)cc4)cc32)cc1O. The van der Waals surface area contributed by atoms with Crippen LogP contribution in [0.2, 0.25) is 0 Å². The molecular formula is C28H23N3O4S. The normalized spacial score (nSPS) is 14.5. The molecule has 0 saturated carbocycles. The first-order valence-corrected chi connectivity index (χ1v) is 12.2. The fourth-order valence-corrected chi connectivity index (χ4v) is 4.67. The second-order valence-electron chi connectivity index (χ2n) is 8.33. The number of carbonyl (C=O) groups excluding carboxylic acids is 2. The predicted octanol–water partition coefficient (Wildman–Crippen LogP) is 5.74. The number of thiophene rings is 1. The Kier molecular flexibility index (Phi) is 6.51. The van der Waals surface area contributed by atoms with E-state index in [1.807, 2.05) is 53.9 Å². The number of carbonyl (C=O) groups is 2. The van der Waals surface area contributed by atoms with E-state index < -0.39 is 5.92 Å². The maximum Gasteiger partial charge on any atom is 0.265 e. The van der Waals surface area contributed by atoms with E-state index in [-0.39, 0.29) is 17.6 Å². The average molecular weight is 498 g/mol. The maximum absolute atomic E-state index is 12.6. The molecule has 2 amide bonds. The number of fused-ring (bicyclic) bond motifs is 1. The molecule has 8 heteroatoms. The molecule has 1 aromatic heterocycles. The lowest BCUT2D eigenvalue weighted by molar-refractivity contribution is -0.115. The van der Waals surface area contributed by atoms with Crippen LogP contribution in [0, 0.1) is 0 Å². The Morgan fingerprint density at radius 3 is 2.64 bits per heavy atom. The summed E-state index contributed by atoms with van der Waals surface area (Å²) in [5, 5.41) is 17.7. The highest BCUT2D eigenvalue weighted by molar-refractivity contribution is 7.12. The Morgan fingerprint density at radius 1 is 1.11 bits per heavy atom. The standard InChI is InChI=1S/C28H23N3O4S/c1-35-25-11-9-20(15-24(25)32)29-16-22-21-14-18(6-10-23(21)31-27(22)33)13-17-4-7-19(8-5-17)30-28(34)26-3-2-12-36-26/h2-12,14-16,22,32H,13H2,1H3,(H,30,34)(H,31,33).